The Hall–Kier alpha value is -0.480. The van der Waals surface area contributed by atoms with E-state index in [0.717, 1.165) is 31.5 Å². The van der Waals surface area contributed by atoms with Gasteiger partial charge in [0.05, 0.1) is 13.1 Å². The number of hydrogen-bond donors (Lipinski definition) is 2. The van der Waals surface area contributed by atoms with Crippen LogP contribution in [0, 0.1) is 18.3 Å². The lowest BCUT2D eigenvalue weighted by Crippen LogP contribution is -2.39. The molecule has 1 heterocycles. The number of halogens is 1. The molecule has 0 saturated carbocycles. The fraction of sp³-hybridized carbons (Fsp3) is 0.786. The van der Waals surface area contributed by atoms with Crippen LogP contribution in [0.1, 0.15) is 26.7 Å². The van der Waals surface area contributed by atoms with E-state index in [0.29, 0.717) is 6.54 Å². The van der Waals surface area contributed by atoms with E-state index in [1.54, 1.807) is 0 Å². The van der Waals surface area contributed by atoms with E-state index in [1.807, 2.05) is 0 Å². The van der Waals surface area contributed by atoms with Crippen molar-refractivity contribution >= 4 is 29.9 Å². The summed E-state index contributed by atoms with van der Waals surface area (Å²) in [5.41, 5.74) is 0. The maximum absolute atomic E-state index is 5.23. The average Bonchev–Trinajstić information content (AvgIpc) is 2.38. The van der Waals surface area contributed by atoms with E-state index < -0.39 is 0 Å². The maximum atomic E-state index is 5.23. The van der Waals surface area contributed by atoms with E-state index in [2.05, 4.69) is 40.3 Å². The predicted molar refractivity (Wildman–Crippen MR) is 93.1 cm³/mol. The minimum atomic E-state index is 0. The molecular weight excluding hydrogens is 351 g/mol. The van der Waals surface area contributed by atoms with Gasteiger partial charge >= 0.3 is 0 Å². The lowest BCUT2D eigenvalue weighted by Gasteiger charge is -2.29. The second kappa shape index (κ2) is 11.4. The van der Waals surface area contributed by atoms with Gasteiger partial charge in [-0.1, -0.05) is 12.8 Å². The Morgan fingerprint density at radius 1 is 1.37 bits per heavy atom. The highest BCUT2D eigenvalue weighted by Crippen LogP contribution is 2.15. The van der Waals surface area contributed by atoms with Crippen molar-refractivity contribution in [2.75, 3.05) is 39.3 Å². The van der Waals surface area contributed by atoms with Gasteiger partial charge in [-0.3, -0.25) is 4.99 Å². The molecular formula is C14H27IN4. The largest absolute Gasteiger partial charge is 0.357 e. The van der Waals surface area contributed by atoms with Crippen LogP contribution in [0.4, 0.5) is 0 Å². The second-order valence-corrected chi connectivity index (χ2v) is 4.84. The normalized spacial score (nSPS) is 17.4. The van der Waals surface area contributed by atoms with Crippen LogP contribution in [-0.4, -0.2) is 50.1 Å². The zero-order valence-electron chi connectivity index (χ0n) is 12.1. The molecule has 0 unspecified atom stereocenters. The van der Waals surface area contributed by atoms with Gasteiger partial charge in [-0.25, -0.2) is 0 Å². The average molecular weight is 378 g/mol. The Bertz CT molecular complexity index is 290. The third-order valence-corrected chi connectivity index (χ3v) is 3.26. The van der Waals surface area contributed by atoms with Crippen molar-refractivity contribution in [1.29, 1.82) is 0 Å². The van der Waals surface area contributed by atoms with Crippen molar-refractivity contribution in [2.24, 2.45) is 10.9 Å². The second-order valence-electron chi connectivity index (χ2n) is 4.84. The van der Waals surface area contributed by atoms with Crippen LogP contribution < -0.4 is 10.6 Å². The molecule has 5 heteroatoms. The fourth-order valence-electron chi connectivity index (χ4n) is 2.07. The molecule has 0 atom stereocenters. The number of guanidine groups is 1. The summed E-state index contributed by atoms with van der Waals surface area (Å²) in [5.74, 6) is 4.27. The van der Waals surface area contributed by atoms with Crippen LogP contribution in [0.15, 0.2) is 4.99 Å². The number of piperidine rings is 1. The number of nitrogens with zero attached hydrogens (tertiary/aromatic N) is 2. The van der Waals surface area contributed by atoms with Crippen LogP contribution in [-0.2, 0) is 0 Å². The van der Waals surface area contributed by atoms with Crippen molar-refractivity contribution < 1.29 is 0 Å². The number of rotatable bonds is 5. The van der Waals surface area contributed by atoms with E-state index in [4.69, 9.17) is 6.42 Å². The Labute approximate surface area is 134 Å². The molecule has 0 aliphatic carbocycles. The van der Waals surface area contributed by atoms with Crippen molar-refractivity contribution in [2.45, 2.75) is 26.7 Å². The molecule has 110 valence electrons. The number of hydrogen-bond acceptors (Lipinski definition) is 2. The maximum Gasteiger partial charge on any atom is 0.192 e. The number of nitrogens with one attached hydrogen (secondary N) is 2. The van der Waals surface area contributed by atoms with Gasteiger partial charge in [-0.05, 0) is 38.8 Å². The molecule has 0 bridgehead atoms. The number of terminal acetylenes is 1. The molecule has 2 N–H and O–H groups in total. The molecule has 1 saturated heterocycles. The molecule has 1 aliphatic rings. The molecule has 1 aliphatic heterocycles. The van der Waals surface area contributed by atoms with Gasteiger partial charge in [0.2, 0.25) is 0 Å². The lowest BCUT2D eigenvalue weighted by atomic mass is 9.99. The topological polar surface area (TPSA) is 39.7 Å². The van der Waals surface area contributed by atoms with E-state index in [9.17, 15) is 0 Å². The summed E-state index contributed by atoms with van der Waals surface area (Å²) < 4.78 is 0. The first-order valence-corrected chi connectivity index (χ1v) is 6.94. The van der Waals surface area contributed by atoms with Crippen LogP contribution in [0.5, 0.6) is 0 Å². The zero-order valence-corrected chi connectivity index (χ0v) is 14.4. The van der Waals surface area contributed by atoms with Gasteiger partial charge in [0.15, 0.2) is 5.96 Å². The molecule has 1 rings (SSSR count). The molecule has 0 amide bonds. The summed E-state index contributed by atoms with van der Waals surface area (Å²) in [6.07, 6.45) is 7.87. The third-order valence-electron chi connectivity index (χ3n) is 3.26. The molecule has 4 nitrogen and oxygen atoms in total. The smallest absolute Gasteiger partial charge is 0.192 e. The summed E-state index contributed by atoms with van der Waals surface area (Å²) >= 11 is 0. The van der Waals surface area contributed by atoms with Crippen molar-refractivity contribution in [3.05, 3.63) is 0 Å². The van der Waals surface area contributed by atoms with Gasteiger partial charge in [-0.2, -0.15) is 0 Å². The summed E-state index contributed by atoms with van der Waals surface area (Å²) in [7, 11) is 0. The quantitative estimate of drug-likeness (QED) is 0.330. The van der Waals surface area contributed by atoms with Crippen molar-refractivity contribution in [3.8, 4) is 12.3 Å². The van der Waals surface area contributed by atoms with Crippen molar-refractivity contribution in [3.63, 3.8) is 0 Å². The highest BCUT2D eigenvalue weighted by atomic mass is 127. The highest BCUT2D eigenvalue weighted by Gasteiger charge is 2.14. The third kappa shape index (κ3) is 8.32. The molecule has 0 spiro atoms. The highest BCUT2D eigenvalue weighted by molar-refractivity contribution is 14.0. The molecule has 0 radical (unpaired) electrons. The molecule has 1 fully saturated rings. The molecule has 19 heavy (non-hydrogen) atoms. The molecule has 0 aromatic rings. The fourth-order valence-corrected chi connectivity index (χ4v) is 2.07. The predicted octanol–water partition coefficient (Wildman–Crippen LogP) is 1.52. The van der Waals surface area contributed by atoms with Crippen LogP contribution >= 0.6 is 24.0 Å². The monoisotopic (exact) mass is 378 g/mol. The van der Waals surface area contributed by atoms with Gasteiger partial charge in [0.25, 0.3) is 0 Å². The van der Waals surface area contributed by atoms with Crippen LogP contribution in [0.25, 0.3) is 0 Å². The Morgan fingerprint density at radius 2 is 2.05 bits per heavy atom. The summed E-state index contributed by atoms with van der Waals surface area (Å²) in [6.45, 7) is 10.1. The van der Waals surface area contributed by atoms with Gasteiger partial charge in [-0.15, -0.1) is 30.4 Å². The van der Waals surface area contributed by atoms with Crippen LogP contribution in [0.3, 0.4) is 0 Å². The Balaban J connectivity index is 0.00000324. The molecule has 0 aromatic heterocycles. The standard InChI is InChI=1S/C14H26N4.HI/c1-4-8-16-14(15-5-2)17-9-12-18-10-6-13(3)7-11-18;/h1,13H,5-12H2,2-3H3,(H2,15,16,17);1H. The summed E-state index contributed by atoms with van der Waals surface area (Å²) in [4.78, 5) is 7.02. The van der Waals surface area contributed by atoms with Crippen LogP contribution in [0.2, 0.25) is 0 Å². The van der Waals surface area contributed by atoms with Gasteiger partial charge in [0, 0.05) is 13.1 Å². The Kier molecular flexibility index (Phi) is 11.1. The van der Waals surface area contributed by atoms with Gasteiger partial charge < -0.3 is 15.5 Å². The minimum absolute atomic E-state index is 0. The van der Waals surface area contributed by atoms with Gasteiger partial charge in [0.1, 0.15) is 0 Å². The summed E-state index contributed by atoms with van der Waals surface area (Å²) in [6, 6.07) is 0. The van der Waals surface area contributed by atoms with E-state index in [-0.39, 0.29) is 24.0 Å². The first kappa shape index (κ1) is 18.5. The summed E-state index contributed by atoms with van der Waals surface area (Å²) in [5, 5.41) is 6.29. The zero-order chi connectivity index (χ0) is 13.2. The SMILES string of the molecule is C#CCNC(=NCCN1CCC(C)CC1)NCC.I. The molecule has 0 aromatic carbocycles. The van der Waals surface area contributed by atoms with E-state index in [1.165, 1.54) is 25.9 Å². The lowest BCUT2D eigenvalue weighted by molar-refractivity contribution is 0.197. The first-order chi connectivity index (χ1) is 8.76. The van der Waals surface area contributed by atoms with Crippen molar-refractivity contribution in [1.82, 2.24) is 15.5 Å². The number of aliphatic imine (C=N–C) groups is 1. The minimum Gasteiger partial charge on any atom is -0.357 e. The van der Waals surface area contributed by atoms with E-state index >= 15 is 0 Å². The number of likely N-dealkylation sites (tertiary alicyclic amines) is 1. The first-order valence-electron chi connectivity index (χ1n) is 6.94. The Morgan fingerprint density at radius 3 is 2.63 bits per heavy atom.